The first kappa shape index (κ1) is 20.0. The Kier molecular flexibility index (Phi) is 6.09. The van der Waals surface area contributed by atoms with Crippen molar-refractivity contribution in [2.75, 3.05) is 23.8 Å². The highest BCUT2D eigenvalue weighted by atomic mass is 19.1. The molecule has 0 unspecified atom stereocenters. The molecule has 0 spiro atoms. The lowest BCUT2D eigenvalue weighted by atomic mass is 9.73. The van der Waals surface area contributed by atoms with Gasteiger partial charge in [0, 0.05) is 30.5 Å². The highest BCUT2D eigenvalue weighted by molar-refractivity contribution is 5.99. The van der Waals surface area contributed by atoms with E-state index in [0.29, 0.717) is 37.4 Å². The van der Waals surface area contributed by atoms with Gasteiger partial charge in [0.2, 0.25) is 11.8 Å². The van der Waals surface area contributed by atoms with Gasteiger partial charge in [-0.2, -0.15) is 0 Å². The van der Waals surface area contributed by atoms with E-state index >= 15 is 0 Å². The van der Waals surface area contributed by atoms with Crippen LogP contribution in [-0.2, 0) is 19.7 Å². The topological polar surface area (TPSA) is 67.4 Å². The average Bonchev–Trinajstić information content (AvgIpc) is 2.70. The van der Waals surface area contributed by atoms with Crippen molar-refractivity contribution in [2.24, 2.45) is 5.92 Å². The van der Waals surface area contributed by atoms with E-state index < -0.39 is 5.41 Å². The van der Waals surface area contributed by atoms with Crippen LogP contribution >= 0.6 is 0 Å². The van der Waals surface area contributed by atoms with Crippen LogP contribution in [0.3, 0.4) is 0 Å². The molecule has 2 aromatic rings. The van der Waals surface area contributed by atoms with E-state index in [9.17, 15) is 14.0 Å². The Morgan fingerprint density at radius 1 is 0.929 bits per heavy atom. The van der Waals surface area contributed by atoms with Gasteiger partial charge in [0.05, 0.1) is 5.41 Å². The molecule has 0 atom stereocenters. The second-order valence-electron chi connectivity index (χ2n) is 7.38. The number of carbonyl (C=O) groups excluding carboxylic acids is 2. The Balaban J connectivity index is 1.77. The quantitative estimate of drug-likeness (QED) is 0.815. The van der Waals surface area contributed by atoms with Crippen molar-refractivity contribution in [1.82, 2.24) is 0 Å². The number of anilines is 2. The largest absolute Gasteiger partial charge is 0.381 e. The Morgan fingerprint density at radius 2 is 1.46 bits per heavy atom. The predicted molar refractivity (Wildman–Crippen MR) is 107 cm³/mol. The minimum absolute atomic E-state index is 0.0609. The summed E-state index contributed by atoms with van der Waals surface area (Å²) in [5, 5.41) is 5.79. The van der Waals surface area contributed by atoms with Crippen LogP contribution in [0, 0.1) is 11.7 Å². The summed E-state index contributed by atoms with van der Waals surface area (Å²) in [6.07, 6.45) is 1.07. The van der Waals surface area contributed by atoms with E-state index in [1.165, 1.54) is 12.1 Å². The normalized spacial score (nSPS) is 15.9. The summed E-state index contributed by atoms with van der Waals surface area (Å²) in [7, 11) is 0. The minimum Gasteiger partial charge on any atom is -0.381 e. The van der Waals surface area contributed by atoms with Gasteiger partial charge in [-0.3, -0.25) is 9.59 Å². The number of amides is 2. The van der Waals surface area contributed by atoms with Gasteiger partial charge in [-0.15, -0.1) is 0 Å². The molecule has 2 amide bonds. The third-order valence-corrected chi connectivity index (χ3v) is 5.11. The monoisotopic (exact) mass is 384 g/mol. The maximum Gasteiger partial charge on any atom is 0.235 e. The molecule has 5 nitrogen and oxygen atoms in total. The van der Waals surface area contributed by atoms with E-state index in [-0.39, 0.29) is 23.5 Å². The number of nitrogens with one attached hydrogen (secondary N) is 2. The fourth-order valence-electron chi connectivity index (χ4n) is 3.31. The molecular weight excluding hydrogens is 359 g/mol. The van der Waals surface area contributed by atoms with E-state index in [4.69, 9.17) is 4.74 Å². The van der Waals surface area contributed by atoms with Gasteiger partial charge in [-0.25, -0.2) is 4.39 Å². The zero-order valence-corrected chi connectivity index (χ0v) is 16.1. The van der Waals surface area contributed by atoms with Crippen molar-refractivity contribution in [3.63, 3.8) is 0 Å². The molecule has 6 heteroatoms. The van der Waals surface area contributed by atoms with Crippen LogP contribution in [0.1, 0.15) is 32.3 Å². The second kappa shape index (κ2) is 8.52. The summed E-state index contributed by atoms with van der Waals surface area (Å²) in [5.74, 6) is -0.635. The molecule has 28 heavy (non-hydrogen) atoms. The number of halogens is 1. The van der Waals surface area contributed by atoms with Crippen molar-refractivity contribution in [2.45, 2.75) is 32.1 Å². The highest BCUT2D eigenvalue weighted by Crippen LogP contribution is 2.36. The summed E-state index contributed by atoms with van der Waals surface area (Å²) in [6.45, 7) is 4.61. The van der Waals surface area contributed by atoms with Crippen LogP contribution < -0.4 is 10.6 Å². The summed E-state index contributed by atoms with van der Waals surface area (Å²) < 4.78 is 18.8. The zero-order valence-electron chi connectivity index (χ0n) is 16.1. The van der Waals surface area contributed by atoms with Gasteiger partial charge in [0.25, 0.3) is 0 Å². The molecule has 0 saturated carbocycles. The first-order chi connectivity index (χ1) is 13.4. The summed E-state index contributed by atoms with van der Waals surface area (Å²) in [4.78, 5) is 25.0. The Hall–Kier alpha value is -2.73. The average molecular weight is 384 g/mol. The van der Waals surface area contributed by atoms with Crippen LogP contribution in [0.2, 0.25) is 0 Å². The Labute approximate surface area is 164 Å². The van der Waals surface area contributed by atoms with Gasteiger partial charge in [-0.1, -0.05) is 26.0 Å². The van der Waals surface area contributed by atoms with Crippen molar-refractivity contribution >= 4 is 23.2 Å². The van der Waals surface area contributed by atoms with Crippen molar-refractivity contribution in [3.05, 3.63) is 59.9 Å². The molecule has 0 radical (unpaired) electrons. The summed E-state index contributed by atoms with van der Waals surface area (Å²) in [6, 6.07) is 13.1. The maximum atomic E-state index is 13.3. The molecule has 0 aromatic heterocycles. The van der Waals surface area contributed by atoms with Crippen LogP contribution in [0.5, 0.6) is 0 Å². The molecular formula is C22H25FN2O3. The first-order valence-electron chi connectivity index (χ1n) is 9.47. The lowest BCUT2D eigenvalue weighted by Crippen LogP contribution is -2.44. The molecule has 0 aliphatic carbocycles. The summed E-state index contributed by atoms with van der Waals surface area (Å²) >= 11 is 0. The maximum absolute atomic E-state index is 13.3. The van der Waals surface area contributed by atoms with E-state index in [1.54, 1.807) is 36.4 Å². The molecule has 1 fully saturated rings. The minimum atomic E-state index is -0.753. The van der Waals surface area contributed by atoms with Gasteiger partial charge in [0.15, 0.2) is 0 Å². The highest BCUT2D eigenvalue weighted by Gasteiger charge is 2.41. The Morgan fingerprint density at radius 3 is 2.00 bits per heavy atom. The third-order valence-electron chi connectivity index (χ3n) is 5.11. The van der Waals surface area contributed by atoms with E-state index in [1.807, 2.05) is 13.8 Å². The van der Waals surface area contributed by atoms with Crippen molar-refractivity contribution in [3.8, 4) is 0 Å². The molecule has 148 valence electrons. The lowest BCUT2D eigenvalue weighted by molar-refractivity contribution is -0.125. The Bertz CT molecular complexity index is 826. The molecule has 2 N–H and O–H groups in total. The number of carbonyl (C=O) groups is 2. The predicted octanol–water partition coefficient (Wildman–Crippen LogP) is 4.11. The van der Waals surface area contributed by atoms with Crippen LogP contribution in [-0.4, -0.2) is 25.0 Å². The van der Waals surface area contributed by atoms with Gasteiger partial charge < -0.3 is 15.4 Å². The molecule has 1 aliphatic rings. The smallest absolute Gasteiger partial charge is 0.235 e. The number of ether oxygens (including phenoxy) is 1. The standard InChI is InChI=1S/C22H25FN2O3/c1-15(2)20(26)24-18-7-9-19(10-8-18)25-21(27)22(11-13-28-14-12-22)16-3-5-17(23)6-4-16/h3-10,15H,11-14H2,1-2H3,(H,24,26)(H,25,27). The molecule has 2 aromatic carbocycles. The summed E-state index contributed by atoms with van der Waals surface area (Å²) in [5.41, 5.74) is 1.35. The van der Waals surface area contributed by atoms with E-state index in [0.717, 1.165) is 5.56 Å². The zero-order chi connectivity index (χ0) is 20.1. The van der Waals surface area contributed by atoms with Crippen molar-refractivity contribution in [1.29, 1.82) is 0 Å². The van der Waals surface area contributed by atoms with E-state index in [2.05, 4.69) is 10.6 Å². The number of rotatable bonds is 5. The second-order valence-corrected chi connectivity index (χ2v) is 7.38. The molecule has 1 heterocycles. The number of hydrogen-bond donors (Lipinski definition) is 2. The van der Waals surface area contributed by atoms with Gasteiger partial charge in [0.1, 0.15) is 5.82 Å². The van der Waals surface area contributed by atoms with Crippen LogP contribution in [0.25, 0.3) is 0 Å². The molecule has 1 saturated heterocycles. The van der Waals surface area contributed by atoms with Crippen LogP contribution in [0.15, 0.2) is 48.5 Å². The number of hydrogen-bond acceptors (Lipinski definition) is 3. The molecule has 3 rings (SSSR count). The molecule has 0 bridgehead atoms. The van der Waals surface area contributed by atoms with Gasteiger partial charge in [-0.05, 0) is 54.8 Å². The lowest BCUT2D eigenvalue weighted by Gasteiger charge is -2.36. The third kappa shape index (κ3) is 4.39. The molecule has 1 aliphatic heterocycles. The number of benzene rings is 2. The van der Waals surface area contributed by atoms with Gasteiger partial charge >= 0.3 is 0 Å². The van der Waals surface area contributed by atoms with Crippen molar-refractivity contribution < 1.29 is 18.7 Å². The van der Waals surface area contributed by atoms with Crippen LogP contribution in [0.4, 0.5) is 15.8 Å². The SMILES string of the molecule is CC(C)C(=O)Nc1ccc(NC(=O)C2(c3ccc(F)cc3)CCOCC2)cc1. The fraction of sp³-hybridized carbons (Fsp3) is 0.364. The fourth-order valence-corrected chi connectivity index (χ4v) is 3.31. The first-order valence-corrected chi connectivity index (χ1v) is 9.47.